The predicted octanol–water partition coefficient (Wildman–Crippen LogP) is 22.6. The standard InChI is InChI=1S/C72H139N2O6P/c1-6-8-10-12-14-16-18-20-22-24-26-28-29-30-31-32-33-34-35-36-37-38-39-40-41-42-43-44-45-46-48-50-52-54-56-58-60-62-64-66-72(76)73-70(69-80-81(77,78)79-68-67-74(3,4)5)71(75)65-63-61-59-57-55-53-51-49-47-27-25-23-21-19-17-15-13-11-9-7-2/h18,20,24,26,29-30,63,65,70-71,75H,6-17,19,21-23,25,27-28,31-62,64,66-69H2,1-5H3,(H-,73,76,77,78)/p+1/b20-18-,26-24-,30-29-,65-63+. The number of carbonyl (C=O) groups excluding carboxylic acids is 1. The van der Waals surface area contributed by atoms with Crippen LogP contribution in [0.5, 0.6) is 0 Å². The first-order chi connectivity index (χ1) is 39.5. The Kier molecular flexibility index (Phi) is 61.8. The van der Waals surface area contributed by atoms with Crippen LogP contribution in [0.4, 0.5) is 0 Å². The summed E-state index contributed by atoms with van der Waals surface area (Å²) in [7, 11) is 1.59. The van der Waals surface area contributed by atoms with Crippen molar-refractivity contribution >= 4 is 13.7 Å². The first-order valence-electron chi connectivity index (χ1n) is 35.5. The summed E-state index contributed by atoms with van der Waals surface area (Å²) in [6.07, 6.45) is 85.5. The van der Waals surface area contributed by atoms with Crippen molar-refractivity contribution in [3.63, 3.8) is 0 Å². The van der Waals surface area contributed by atoms with Gasteiger partial charge in [-0.2, -0.15) is 0 Å². The quantitative estimate of drug-likeness (QED) is 0.0243. The molecule has 9 heteroatoms. The highest BCUT2D eigenvalue weighted by Crippen LogP contribution is 2.43. The second kappa shape index (κ2) is 63.0. The topological polar surface area (TPSA) is 105 Å². The molecule has 0 aliphatic rings. The first kappa shape index (κ1) is 79.5. The van der Waals surface area contributed by atoms with E-state index < -0.39 is 20.0 Å². The van der Waals surface area contributed by atoms with Gasteiger partial charge < -0.3 is 19.8 Å². The van der Waals surface area contributed by atoms with E-state index in [1.165, 1.54) is 283 Å². The summed E-state index contributed by atoms with van der Waals surface area (Å²) in [4.78, 5) is 23.4. The van der Waals surface area contributed by atoms with Crippen LogP contribution in [0.25, 0.3) is 0 Å². The van der Waals surface area contributed by atoms with Crippen LogP contribution >= 0.6 is 7.82 Å². The van der Waals surface area contributed by atoms with E-state index in [0.29, 0.717) is 17.4 Å². The molecule has 0 saturated heterocycles. The molecule has 8 nitrogen and oxygen atoms in total. The van der Waals surface area contributed by atoms with Crippen LogP contribution in [0.3, 0.4) is 0 Å². The molecule has 0 aromatic carbocycles. The van der Waals surface area contributed by atoms with Gasteiger partial charge in [-0.3, -0.25) is 13.8 Å². The number of likely N-dealkylation sites (N-methyl/N-ethyl adjacent to an activating group) is 1. The van der Waals surface area contributed by atoms with Gasteiger partial charge in [-0.25, -0.2) is 4.57 Å². The molecule has 81 heavy (non-hydrogen) atoms. The minimum atomic E-state index is -4.35. The normalized spacial score (nSPS) is 13.9. The molecular formula is C72H140N2O6P+. The predicted molar refractivity (Wildman–Crippen MR) is 355 cm³/mol. The van der Waals surface area contributed by atoms with Crippen molar-refractivity contribution in [3.05, 3.63) is 48.6 Å². The van der Waals surface area contributed by atoms with Gasteiger partial charge in [0.1, 0.15) is 13.2 Å². The van der Waals surface area contributed by atoms with E-state index in [2.05, 4.69) is 55.6 Å². The van der Waals surface area contributed by atoms with Gasteiger partial charge in [-0.1, -0.05) is 339 Å². The van der Waals surface area contributed by atoms with E-state index in [4.69, 9.17) is 9.05 Å². The number of hydrogen-bond donors (Lipinski definition) is 3. The number of nitrogens with zero attached hydrogens (tertiary/aromatic N) is 1. The van der Waals surface area contributed by atoms with Crippen molar-refractivity contribution in [2.24, 2.45) is 0 Å². The molecule has 3 N–H and O–H groups in total. The summed E-state index contributed by atoms with van der Waals surface area (Å²) in [6.45, 7) is 4.85. The third-order valence-corrected chi connectivity index (χ3v) is 17.3. The minimum Gasteiger partial charge on any atom is -0.387 e. The summed E-state index contributed by atoms with van der Waals surface area (Å²) in [5, 5.41) is 14.0. The number of nitrogens with one attached hydrogen (secondary N) is 1. The molecule has 0 rings (SSSR count). The van der Waals surface area contributed by atoms with Gasteiger partial charge in [0.25, 0.3) is 0 Å². The van der Waals surface area contributed by atoms with Crippen LogP contribution in [0.1, 0.15) is 354 Å². The van der Waals surface area contributed by atoms with E-state index in [1.807, 2.05) is 27.2 Å². The number of phosphoric ester groups is 1. The SMILES string of the molecule is CCCCCCC/C=C\C/C=C\C/C=C\CCCCCCCCCCCCCCCCCCCCCCCCCCC(=O)NC(COP(=O)(O)OCC[N+](C)(C)C)C(O)/C=C/CCCCCCCCCCCCCCCCCCCC. The van der Waals surface area contributed by atoms with Crippen LogP contribution < -0.4 is 5.32 Å². The van der Waals surface area contributed by atoms with Crippen molar-refractivity contribution in [2.45, 2.75) is 366 Å². The molecule has 0 fully saturated rings. The molecule has 478 valence electrons. The maximum absolute atomic E-state index is 13.0. The van der Waals surface area contributed by atoms with Crippen molar-refractivity contribution in [2.75, 3.05) is 40.9 Å². The van der Waals surface area contributed by atoms with Crippen LogP contribution in [-0.4, -0.2) is 73.4 Å². The van der Waals surface area contributed by atoms with Gasteiger partial charge in [-0.15, -0.1) is 0 Å². The Hall–Kier alpha value is -1.54. The molecule has 0 aromatic heterocycles. The lowest BCUT2D eigenvalue weighted by atomic mass is 10.0. The Morgan fingerprint density at radius 3 is 1.02 bits per heavy atom. The number of aliphatic hydroxyl groups excluding tert-OH is 1. The maximum Gasteiger partial charge on any atom is 0.472 e. The second-order valence-corrected chi connectivity index (χ2v) is 27.1. The lowest BCUT2D eigenvalue weighted by Gasteiger charge is -2.25. The summed E-state index contributed by atoms with van der Waals surface area (Å²) in [5.41, 5.74) is 0. The molecular weight excluding hydrogens is 1020 g/mol. The van der Waals surface area contributed by atoms with Gasteiger partial charge in [-0.05, 0) is 57.8 Å². The summed E-state index contributed by atoms with van der Waals surface area (Å²) < 4.78 is 23.8. The highest BCUT2D eigenvalue weighted by molar-refractivity contribution is 7.47. The zero-order valence-electron chi connectivity index (χ0n) is 54.8. The number of allylic oxidation sites excluding steroid dienone is 7. The molecule has 3 unspecified atom stereocenters. The number of unbranched alkanes of at least 4 members (excludes halogenated alkanes) is 47. The molecule has 0 heterocycles. The smallest absolute Gasteiger partial charge is 0.387 e. The highest BCUT2D eigenvalue weighted by Gasteiger charge is 2.28. The number of rotatable bonds is 66. The van der Waals surface area contributed by atoms with Gasteiger partial charge in [0, 0.05) is 6.42 Å². The van der Waals surface area contributed by atoms with Crippen LogP contribution in [0, 0.1) is 0 Å². The average Bonchev–Trinajstić information content (AvgIpc) is 3.43. The molecule has 1 amide bonds. The largest absolute Gasteiger partial charge is 0.472 e. The third kappa shape index (κ3) is 65.9. The second-order valence-electron chi connectivity index (χ2n) is 25.6. The molecule has 3 atom stereocenters. The van der Waals surface area contributed by atoms with Gasteiger partial charge in [0.2, 0.25) is 5.91 Å². The fourth-order valence-electron chi connectivity index (χ4n) is 10.8. The van der Waals surface area contributed by atoms with Gasteiger partial charge in [0.15, 0.2) is 0 Å². The first-order valence-corrected chi connectivity index (χ1v) is 37.0. The van der Waals surface area contributed by atoms with Gasteiger partial charge in [0.05, 0.1) is 39.9 Å². The van der Waals surface area contributed by atoms with Gasteiger partial charge >= 0.3 is 7.82 Å². The number of quaternary nitrogens is 1. The van der Waals surface area contributed by atoms with Crippen molar-refractivity contribution in [1.29, 1.82) is 0 Å². The fraction of sp³-hybridized carbons (Fsp3) is 0.875. The summed E-state index contributed by atoms with van der Waals surface area (Å²) >= 11 is 0. The molecule has 0 aliphatic heterocycles. The van der Waals surface area contributed by atoms with E-state index >= 15 is 0 Å². The molecule has 0 spiro atoms. The number of amides is 1. The zero-order valence-corrected chi connectivity index (χ0v) is 55.7. The minimum absolute atomic E-state index is 0.0634. The highest BCUT2D eigenvalue weighted by atomic mass is 31.2. The number of carbonyl (C=O) groups is 1. The number of hydrogen-bond acceptors (Lipinski definition) is 5. The van der Waals surface area contributed by atoms with Crippen LogP contribution in [0.2, 0.25) is 0 Å². The monoisotopic (exact) mass is 1160 g/mol. The van der Waals surface area contributed by atoms with Crippen molar-refractivity contribution in [3.8, 4) is 0 Å². The van der Waals surface area contributed by atoms with E-state index in [9.17, 15) is 19.4 Å². The Morgan fingerprint density at radius 1 is 0.420 bits per heavy atom. The number of aliphatic hydroxyl groups is 1. The zero-order chi connectivity index (χ0) is 59.1. The lowest BCUT2D eigenvalue weighted by molar-refractivity contribution is -0.870. The van der Waals surface area contributed by atoms with Crippen LogP contribution in [0.15, 0.2) is 48.6 Å². The van der Waals surface area contributed by atoms with Crippen LogP contribution in [-0.2, 0) is 18.4 Å². The van der Waals surface area contributed by atoms with Crippen molar-refractivity contribution < 1.29 is 32.9 Å². The average molecular weight is 1160 g/mol. The Balaban J connectivity index is 3.94. The Bertz CT molecular complexity index is 1460. The van der Waals surface area contributed by atoms with E-state index in [-0.39, 0.29) is 19.1 Å². The lowest BCUT2D eigenvalue weighted by Crippen LogP contribution is -2.45. The third-order valence-electron chi connectivity index (χ3n) is 16.3. The van der Waals surface area contributed by atoms with E-state index in [0.717, 1.165) is 51.4 Å². The summed E-state index contributed by atoms with van der Waals surface area (Å²) in [6, 6.07) is -0.846. The molecule has 0 bridgehead atoms. The maximum atomic E-state index is 13.0. The Labute approximate surface area is 505 Å². The number of phosphoric acid groups is 1. The van der Waals surface area contributed by atoms with Crippen molar-refractivity contribution in [1.82, 2.24) is 5.32 Å². The molecule has 0 aromatic rings. The fourth-order valence-corrected chi connectivity index (χ4v) is 11.5. The Morgan fingerprint density at radius 2 is 0.704 bits per heavy atom. The summed E-state index contributed by atoms with van der Waals surface area (Å²) in [5.74, 6) is -0.170. The van der Waals surface area contributed by atoms with E-state index in [1.54, 1.807) is 6.08 Å². The molecule has 0 radical (unpaired) electrons. The molecule has 0 saturated carbocycles. The molecule has 0 aliphatic carbocycles.